The number of anilines is 5. The molecule has 0 aliphatic carbocycles. The molecule has 0 bridgehead atoms. The minimum atomic E-state index is -0.339. The number of halogens is 1. The summed E-state index contributed by atoms with van der Waals surface area (Å²) in [5.41, 5.74) is 6.63. The van der Waals surface area contributed by atoms with Gasteiger partial charge in [-0.15, -0.1) is 12.4 Å². The Morgan fingerprint density at radius 2 is 1.47 bits per heavy atom. The first-order valence-corrected chi connectivity index (χ1v) is 15.9. The zero-order valence-electron chi connectivity index (χ0n) is 25.6. The molecule has 3 N–H and O–H groups in total. The normalized spacial score (nSPS) is 19.5. The second-order valence-corrected chi connectivity index (χ2v) is 12.3. The van der Waals surface area contributed by atoms with E-state index >= 15 is 0 Å². The molecule has 3 fully saturated rings. The van der Waals surface area contributed by atoms with Gasteiger partial charge in [-0.1, -0.05) is 0 Å². The lowest BCUT2D eigenvalue weighted by atomic mass is 9.95. The monoisotopic (exact) mass is 631 g/mol. The van der Waals surface area contributed by atoms with Crippen LogP contribution in [0.2, 0.25) is 0 Å². The number of piperazine rings is 1. The number of hydrogen-bond acceptors (Lipinski definition) is 9. The van der Waals surface area contributed by atoms with E-state index in [1.165, 1.54) is 36.3 Å². The Hall–Kier alpha value is -3.93. The average Bonchev–Trinajstić information content (AvgIpc) is 3.06. The molecule has 0 radical (unpaired) electrons. The first-order valence-electron chi connectivity index (χ1n) is 15.9. The van der Waals surface area contributed by atoms with E-state index in [1.807, 2.05) is 18.3 Å². The van der Waals surface area contributed by atoms with E-state index < -0.39 is 0 Å². The van der Waals surface area contributed by atoms with Crippen molar-refractivity contribution in [2.24, 2.45) is 5.92 Å². The van der Waals surface area contributed by atoms with Crippen molar-refractivity contribution in [1.82, 2.24) is 25.5 Å². The molecule has 11 nitrogen and oxygen atoms in total. The lowest BCUT2D eigenvalue weighted by Gasteiger charge is -2.40. The van der Waals surface area contributed by atoms with Crippen LogP contribution in [0.15, 0.2) is 54.7 Å². The molecule has 3 aromatic rings. The van der Waals surface area contributed by atoms with Gasteiger partial charge < -0.3 is 20.4 Å². The third-order valence-electron chi connectivity index (χ3n) is 9.39. The van der Waals surface area contributed by atoms with E-state index in [4.69, 9.17) is 4.98 Å². The topological polar surface area (TPSA) is 109 Å². The third-order valence-corrected chi connectivity index (χ3v) is 9.39. The number of urea groups is 1. The van der Waals surface area contributed by atoms with Gasteiger partial charge in [-0.2, -0.15) is 0 Å². The van der Waals surface area contributed by atoms with Gasteiger partial charge in [0.05, 0.1) is 5.69 Å². The van der Waals surface area contributed by atoms with Crippen molar-refractivity contribution in [2.45, 2.75) is 32.2 Å². The van der Waals surface area contributed by atoms with E-state index in [9.17, 15) is 9.59 Å². The summed E-state index contributed by atoms with van der Waals surface area (Å²) in [6, 6.07) is 16.5. The fourth-order valence-corrected chi connectivity index (χ4v) is 6.76. The summed E-state index contributed by atoms with van der Waals surface area (Å²) in [5.74, 6) is 1.18. The molecule has 3 saturated heterocycles. The predicted octanol–water partition coefficient (Wildman–Crippen LogP) is 3.77. The summed E-state index contributed by atoms with van der Waals surface area (Å²) >= 11 is 0. The highest BCUT2D eigenvalue weighted by Crippen LogP contribution is 2.28. The molecule has 4 aliphatic rings. The number of benzene rings is 2. The van der Waals surface area contributed by atoms with Gasteiger partial charge in [0.25, 0.3) is 0 Å². The van der Waals surface area contributed by atoms with Gasteiger partial charge in [-0.25, -0.2) is 14.8 Å². The van der Waals surface area contributed by atoms with Crippen LogP contribution in [0.1, 0.15) is 30.5 Å². The van der Waals surface area contributed by atoms with Crippen molar-refractivity contribution in [2.75, 3.05) is 78.9 Å². The van der Waals surface area contributed by atoms with E-state index in [1.54, 1.807) is 4.90 Å². The predicted molar refractivity (Wildman–Crippen MR) is 180 cm³/mol. The summed E-state index contributed by atoms with van der Waals surface area (Å²) in [6.07, 6.45) is 5.71. The van der Waals surface area contributed by atoms with Crippen LogP contribution in [-0.2, 0) is 17.8 Å². The number of nitrogens with zero attached hydrogens (tertiary/aromatic N) is 6. The first-order chi connectivity index (χ1) is 21.6. The molecule has 12 heteroatoms. The Morgan fingerprint density at radius 3 is 2.18 bits per heavy atom. The maximum atomic E-state index is 12.2. The SMILES string of the molecule is Cl.O=C1CCN(c2ccc(N3CCN(CC4CCN(c5ccc(Nc6ncc7c(n6)CNCC7)cc5)CC4)CC3)cc2)C(=O)N1. The Kier molecular flexibility index (Phi) is 9.67. The van der Waals surface area contributed by atoms with Crippen LogP contribution in [0, 0.1) is 5.92 Å². The number of imide groups is 1. The highest BCUT2D eigenvalue weighted by Gasteiger charge is 2.26. The molecule has 0 spiro atoms. The number of nitrogens with one attached hydrogen (secondary N) is 3. The van der Waals surface area contributed by atoms with Gasteiger partial charge >= 0.3 is 6.03 Å². The molecule has 2 aromatic carbocycles. The summed E-state index contributed by atoms with van der Waals surface area (Å²) in [7, 11) is 0. The van der Waals surface area contributed by atoms with Crippen LogP contribution >= 0.6 is 12.4 Å². The lowest BCUT2D eigenvalue weighted by molar-refractivity contribution is -0.120. The summed E-state index contributed by atoms with van der Waals surface area (Å²) in [6.45, 7) is 9.72. The quantitative estimate of drug-likeness (QED) is 0.359. The van der Waals surface area contributed by atoms with Crippen LogP contribution < -0.4 is 30.7 Å². The van der Waals surface area contributed by atoms with Crippen LogP contribution in [-0.4, -0.2) is 85.7 Å². The number of carbonyl (C=O) groups is 2. The first kappa shape index (κ1) is 31.1. The number of piperidine rings is 1. The lowest BCUT2D eigenvalue weighted by Crippen LogP contribution is -2.49. The Bertz CT molecular complexity index is 1470. The van der Waals surface area contributed by atoms with Crippen molar-refractivity contribution in [3.63, 3.8) is 0 Å². The van der Waals surface area contributed by atoms with Crippen LogP contribution in [0.4, 0.5) is 33.5 Å². The fourth-order valence-electron chi connectivity index (χ4n) is 6.76. The van der Waals surface area contributed by atoms with Gasteiger partial charge in [-0.05, 0) is 85.8 Å². The Labute approximate surface area is 270 Å². The second-order valence-electron chi connectivity index (χ2n) is 12.3. The van der Waals surface area contributed by atoms with Gasteiger partial charge in [0.2, 0.25) is 11.9 Å². The molecule has 45 heavy (non-hydrogen) atoms. The zero-order valence-corrected chi connectivity index (χ0v) is 26.4. The minimum Gasteiger partial charge on any atom is -0.372 e. The van der Waals surface area contributed by atoms with Crippen molar-refractivity contribution < 1.29 is 9.59 Å². The highest BCUT2D eigenvalue weighted by molar-refractivity contribution is 6.05. The molecular formula is C33H42ClN9O2. The second kappa shape index (κ2) is 14.0. The summed E-state index contributed by atoms with van der Waals surface area (Å²) in [4.78, 5) is 42.0. The molecule has 0 unspecified atom stereocenters. The van der Waals surface area contributed by atoms with Gasteiger partial charge in [0.1, 0.15) is 0 Å². The largest absolute Gasteiger partial charge is 0.372 e. The van der Waals surface area contributed by atoms with Crippen LogP contribution in [0.5, 0.6) is 0 Å². The standard InChI is InChI=1S/C33H41N9O2.ClH/c43-31-12-16-42(33(44)38-31)29-7-5-28(6-8-29)41-19-17-39(18-20-41)23-24-10-14-40(15-11-24)27-3-1-26(2-4-27)36-32-35-21-25-9-13-34-22-30(25)37-32;/h1-8,21,24,34H,9-20,22-23H2,(H,35,36,37)(H,38,43,44);1H. The molecule has 7 rings (SSSR count). The van der Waals surface area contributed by atoms with E-state index in [0.717, 1.165) is 81.8 Å². The van der Waals surface area contributed by atoms with Crippen molar-refractivity contribution in [3.05, 3.63) is 66.0 Å². The molecule has 3 amide bonds. The van der Waals surface area contributed by atoms with Crippen molar-refractivity contribution in [1.29, 1.82) is 0 Å². The van der Waals surface area contributed by atoms with E-state index in [0.29, 0.717) is 18.9 Å². The number of amides is 3. The summed E-state index contributed by atoms with van der Waals surface area (Å²) < 4.78 is 0. The average molecular weight is 632 g/mol. The van der Waals surface area contributed by atoms with Crippen molar-refractivity contribution >= 4 is 53.0 Å². The fraction of sp³-hybridized carbons (Fsp3) is 0.455. The Morgan fingerprint density at radius 1 is 0.800 bits per heavy atom. The number of rotatable bonds is 7. The molecule has 1 aromatic heterocycles. The molecule has 238 valence electrons. The van der Waals surface area contributed by atoms with Gasteiger partial charge in [-0.3, -0.25) is 19.9 Å². The van der Waals surface area contributed by atoms with Crippen LogP contribution in [0.25, 0.3) is 0 Å². The maximum absolute atomic E-state index is 12.2. The third kappa shape index (κ3) is 7.32. The van der Waals surface area contributed by atoms with E-state index in [2.05, 4.69) is 72.0 Å². The number of carbonyl (C=O) groups excluding carboxylic acids is 2. The summed E-state index contributed by atoms with van der Waals surface area (Å²) in [5, 5.41) is 9.13. The molecule has 5 heterocycles. The van der Waals surface area contributed by atoms with Gasteiger partial charge in [0.15, 0.2) is 0 Å². The maximum Gasteiger partial charge on any atom is 0.328 e. The number of aromatic nitrogens is 2. The molecular weight excluding hydrogens is 590 g/mol. The molecule has 0 saturated carbocycles. The Balaban J connectivity index is 0.00000357. The van der Waals surface area contributed by atoms with Crippen LogP contribution in [0.3, 0.4) is 0 Å². The molecule has 0 atom stereocenters. The van der Waals surface area contributed by atoms with E-state index in [-0.39, 0.29) is 24.3 Å². The number of fused-ring (bicyclic) bond motifs is 1. The highest BCUT2D eigenvalue weighted by atomic mass is 35.5. The zero-order chi connectivity index (χ0) is 29.9. The van der Waals surface area contributed by atoms with Crippen molar-refractivity contribution in [3.8, 4) is 0 Å². The number of hydrogen-bond donors (Lipinski definition) is 3. The minimum absolute atomic E-state index is 0. The molecule has 4 aliphatic heterocycles. The van der Waals surface area contributed by atoms with Gasteiger partial charge in [0, 0.05) is 94.3 Å². The smallest absolute Gasteiger partial charge is 0.328 e.